The predicted octanol–water partition coefficient (Wildman–Crippen LogP) is 5.17. The number of amides is 1. The molecule has 0 N–H and O–H groups in total. The maximum Gasteiger partial charge on any atom is 0.282 e. The van der Waals surface area contributed by atoms with Crippen molar-refractivity contribution in [3.8, 4) is 0 Å². The van der Waals surface area contributed by atoms with E-state index in [1.54, 1.807) is 17.0 Å². The Morgan fingerprint density at radius 3 is 2.12 bits per heavy atom. The van der Waals surface area contributed by atoms with Crippen molar-refractivity contribution in [2.24, 2.45) is 4.99 Å². The van der Waals surface area contributed by atoms with Crippen molar-refractivity contribution < 1.29 is 4.79 Å². The zero-order valence-electron chi connectivity index (χ0n) is 13.8. The Morgan fingerprint density at radius 1 is 0.808 bits per heavy atom. The van der Waals surface area contributed by atoms with Crippen LogP contribution in [0, 0.1) is 0 Å². The molecule has 0 saturated carbocycles. The summed E-state index contributed by atoms with van der Waals surface area (Å²) in [5, 5.41) is 0.556. The van der Waals surface area contributed by atoms with Crippen LogP contribution in [0.4, 0.5) is 5.69 Å². The second-order valence-electron chi connectivity index (χ2n) is 5.83. The minimum atomic E-state index is -0.171. The smallest absolute Gasteiger partial charge is 0.266 e. The Kier molecular flexibility index (Phi) is 4.38. The Bertz CT molecular complexity index is 1010. The highest BCUT2D eigenvalue weighted by Crippen LogP contribution is 2.30. The average molecular weight is 359 g/mol. The number of carbonyl (C=O) groups is 1. The number of para-hydroxylation sites is 1. The fraction of sp³-hybridized carbons (Fsp3) is 0. The number of rotatable bonds is 3. The van der Waals surface area contributed by atoms with E-state index in [0.717, 1.165) is 16.8 Å². The molecule has 1 aliphatic heterocycles. The number of carbonyl (C=O) groups excluding carboxylic acids is 1. The van der Waals surface area contributed by atoms with Gasteiger partial charge in [-0.05, 0) is 35.9 Å². The van der Waals surface area contributed by atoms with E-state index < -0.39 is 0 Å². The van der Waals surface area contributed by atoms with Gasteiger partial charge in [0.05, 0.1) is 10.7 Å². The molecule has 3 aromatic carbocycles. The van der Waals surface area contributed by atoms with E-state index in [-0.39, 0.29) is 5.91 Å². The number of hydrogen-bond acceptors (Lipinski definition) is 2. The van der Waals surface area contributed by atoms with Crippen LogP contribution < -0.4 is 4.90 Å². The van der Waals surface area contributed by atoms with Gasteiger partial charge in [0.15, 0.2) is 0 Å². The van der Waals surface area contributed by atoms with Gasteiger partial charge in [-0.3, -0.25) is 9.69 Å². The quantitative estimate of drug-likeness (QED) is 0.594. The summed E-state index contributed by atoms with van der Waals surface area (Å²) in [5.41, 5.74) is 2.79. The van der Waals surface area contributed by atoms with Gasteiger partial charge in [0.1, 0.15) is 11.5 Å². The molecule has 4 rings (SSSR count). The Hall–Kier alpha value is -3.17. The van der Waals surface area contributed by atoms with Gasteiger partial charge in [0, 0.05) is 5.56 Å². The van der Waals surface area contributed by atoms with Gasteiger partial charge < -0.3 is 0 Å². The second kappa shape index (κ2) is 6.98. The van der Waals surface area contributed by atoms with Gasteiger partial charge in [0.25, 0.3) is 5.91 Å². The van der Waals surface area contributed by atoms with E-state index in [1.807, 2.05) is 78.9 Å². The molecule has 0 atom stereocenters. The predicted molar refractivity (Wildman–Crippen MR) is 106 cm³/mol. The standard InChI is InChI=1S/C22H15ClN2O/c23-19-14-8-7-13-18(19)21-24-20(15-16-9-3-1-4-10-16)22(26)25(21)17-11-5-2-6-12-17/h1-15H/b20-15+. The fourth-order valence-corrected chi connectivity index (χ4v) is 3.08. The van der Waals surface area contributed by atoms with Crippen molar-refractivity contribution in [1.82, 2.24) is 0 Å². The van der Waals surface area contributed by atoms with Crippen LogP contribution >= 0.6 is 11.6 Å². The van der Waals surface area contributed by atoms with Crippen molar-refractivity contribution in [3.63, 3.8) is 0 Å². The number of nitrogens with zero attached hydrogens (tertiary/aromatic N) is 2. The Morgan fingerprint density at radius 2 is 1.42 bits per heavy atom. The second-order valence-corrected chi connectivity index (χ2v) is 6.24. The van der Waals surface area contributed by atoms with Gasteiger partial charge in [-0.1, -0.05) is 72.3 Å². The molecule has 126 valence electrons. The number of benzene rings is 3. The maximum absolute atomic E-state index is 13.1. The first-order valence-corrected chi connectivity index (χ1v) is 8.62. The third-order valence-electron chi connectivity index (χ3n) is 4.09. The monoisotopic (exact) mass is 358 g/mol. The van der Waals surface area contributed by atoms with Gasteiger partial charge in [-0.15, -0.1) is 0 Å². The molecule has 3 nitrogen and oxygen atoms in total. The normalized spacial score (nSPS) is 15.4. The van der Waals surface area contributed by atoms with Crippen LogP contribution in [0.1, 0.15) is 11.1 Å². The van der Waals surface area contributed by atoms with Crippen molar-refractivity contribution in [3.05, 3.63) is 107 Å². The van der Waals surface area contributed by atoms with Crippen LogP contribution in [0.5, 0.6) is 0 Å². The van der Waals surface area contributed by atoms with Crippen LogP contribution in [0.25, 0.3) is 6.08 Å². The molecule has 1 amide bonds. The Labute approximate surface area is 156 Å². The lowest BCUT2D eigenvalue weighted by Gasteiger charge is -2.19. The molecule has 0 radical (unpaired) electrons. The van der Waals surface area contributed by atoms with Crippen LogP contribution in [-0.2, 0) is 4.79 Å². The summed E-state index contributed by atoms with van der Waals surface area (Å²) in [6.45, 7) is 0. The first kappa shape index (κ1) is 16.3. The lowest BCUT2D eigenvalue weighted by Crippen LogP contribution is -2.32. The summed E-state index contributed by atoms with van der Waals surface area (Å²) in [5.74, 6) is 0.365. The summed E-state index contributed by atoms with van der Waals surface area (Å²) in [6.07, 6.45) is 1.79. The van der Waals surface area contributed by atoms with Crippen LogP contribution in [-0.4, -0.2) is 11.7 Å². The third-order valence-corrected chi connectivity index (χ3v) is 4.42. The Balaban J connectivity index is 1.86. The summed E-state index contributed by atoms with van der Waals surface area (Å²) in [6, 6.07) is 26.6. The zero-order valence-corrected chi connectivity index (χ0v) is 14.6. The van der Waals surface area contributed by atoms with Gasteiger partial charge in [-0.2, -0.15) is 0 Å². The molecule has 0 spiro atoms. The van der Waals surface area contributed by atoms with E-state index in [2.05, 4.69) is 4.99 Å². The molecule has 4 heteroatoms. The molecular formula is C22H15ClN2O. The number of aliphatic imine (C=N–C) groups is 1. The summed E-state index contributed by atoms with van der Waals surface area (Å²) in [4.78, 5) is 19.3. The summed E-state index contributed by atoms with van der Waals surface area (Å²) in [7, 11) is 0. The number of halogens is 1. The topological polar surface area (TPSA) is 32.7 Å². The van der Waals surface area contributed by atoms with Crippen LogP contribution in [0.2, 0.25) is 5.02 Å². The summed E-state index contributed by atoms with van der Waals surface area (Å²) >= 11 is 6.37. The van der Waals surface area contributed by atoms with Crippen molar-refractivity contribution in [2.75, 3.05) is 4.90 Å². The molecule has 0 saturated heterocycles. The van der Waals surface area contributed by atoms with E-state index in [9.17, 15) is 4.79 Å². The molecular weight excluding hydrogens is 344 g/mol. The number of hydrogen-bond donors (Lipinski definition) is 0. The van der Waals surface area contributed by atoms with Gasteiger partial charge >= 0.3 is 0 Å². The van der Waals surface area contributed by atoms with E-state index >= 15 is 0 Å². The first-order chi connectivity index (χ1) is 12.7. The molecule has 1 aliphatic rings. The van der Waals surface area contributed by atoms with Crippen molar-refractivity contribution >= 4 is 35.1 Å². The van der Waals surface area contributed by atoms with E-state index in [4.69, 9.17) is 11.6 Å². The highest BCUT2D eigenvalue weighted by atomic mass is 35.5. The third kappa shape index (κ3) is 3.05. The highest BCUT2D eigenvalue weighted by molar-refractivity contribution is 6.39. The number of amidine groups is 1. The minimum absolute atomic E-state index is 0.171. The van der Waals surface area contributed by atoms with E-state index in [1.165, 1.54) is 0 Å². The van der Waals surface area contributed by atoms with Gasteiger partial charge in [0.2, 0.25) is 0 Å². The van der Waals surface area contributed by atoms with E-state index in [0.29, 0.717) is 16.6 Å². The number of anilines is 1. The molecule has 1 heterocycles. The summed E-state index contributed by atoms with van der Waals surface area (Å²) < 4.78 is 0. The molecule has 0 bridgehead atoms. The molecule has 0 fully saturated rings. The lowest BCUT2D eigenvalue weighted by atomic mass is 10.1. The lowest BCUT2D eigenvalue weighted by molar-refractivity contribution is -0.113. The van der Waals surface area contributed by atoms with Crippen LogP contribution in [0.3, 0.4) is 0 Å². The maximum atomic E-state index is 13.1. The van der Waals surface area contributed by atoms with Crippen molar-refractivity contribution in [1.29, 1.82) is 0 Å². The van der Waals surface area contributed by atoms with Crippen molar-refractivity contribution in [2.45, 2.75) is 0 Å². The average Bonchev–Trinajstić information content (AvgIpc) is 3.00. The molecule has 0 aromatic heterocycles. The zero-order chi connectivity index (χ0) is 17.9. The highest BCUT2D eigenvalue weighted by Gasteiger charge is 2.33. The fourth-order valence-electron chi connectivity index (χ4n) is 2.86. The largest absolute Gasteiger partial charge is 0.282 e. The molecule has 26 heavy (non-hydrogen) atoms. The first-order valence-electron chi connectivity index (χ1n) is 8.24. The molecule has 0 unspecified atom stereocenters. The van der Waals surface area contributed by atoms with Gasteiger partial charge in [-0.25, -0.2) is 4.99 Å². The molecule has 3 aromatic rings. The SMILES string of the molecule is O=C1/C(=C\c2ccccc2)N=C(c2ccccc2Cl)N1c1ccccc1. The molecule has 0 aliphatic carbocycles. The van der Waals surface area contributed by atoms with Crippen LogP contribution in [0.15, 0.2) is 95.6 Å². The minimum Gasteiger partial charge on any atom is -0.266 e.